The van der Waals surface area contributed by atoms with Crippen molar-refractivity contribution in [1.82, 2.24) is 25.1 Å². The largest absolute Gasteiger partial charge is 0.375 e. The van der Waals surface area contributed by atoms with Gasteiger partial charge in [-0.3, -0.25) is 4.90 Å². The van der Waals surface area contributed by atoms with Gasteiger partial charge in [-0.15, -0.1) is 5.10 Å². The third-order valence-corrected chi connectivity index (χ3v) is 5.38. The summed E-state index contributed by atoms with van der Waals surface area (Å²) < 4.78 is 7.90. The zero-order valence-electron chi connectivity index (χ0n) is 14.5. The van der Waals surface area contributed by atoms with Gasteiger partial charge >= 0.3 is 0 Å². The molecular weight excluding hydrogens is 302 g/mol. The standard InChI is InChI=1S/C18H25N5O/c1-13-6-5-7-14(2)18(13)23-17(19-20-21-23)12-22-10-11-24-16-9-4-3-8-15(16)22/h5-7,15-16H,3-4,8-12H2,1-2H3/t15-,16+/m0/s1. The second-order valence-corrected chi connectivity index (χ2v) is 6.98. The normalized spacial score (nSPS) is 24.8. The molecular formula is C18H25N5O. The van der Waals surface area contributed by atoms with Gasteiger partial charge in [-0.1, -0.05) is 31.0 Å². The molecule has 2 heterocycles. The van der Waals surface area contributed by atoms with Gasteiger partial charge in [0.1, 0.15) is 0 Å². The molecule has 4 rings (SSSR count). The molecule has 24 heavy (non-hydrogen) atoms. The molecule has 1 aromatic carbocycles. The topological polar surface area (TPSA) is 56.1 Å². The Morgan fingerprint density at radius 2 is 1.96 bits per heavy atom. The van der Waals surface area contributed by atoms with E-state index >= 15 is 0 Å². The smallest absolute Gasteiger partial charge is 0.170 e. The first kappa shape index (κ1) is 15.7. The summed E-state index contributed by atoms with van der Waals surface area (Å²) in [6.45, 7) is 6.78. The number of nitrogens with zero attached hydrogens (tertiary/aromatic N) is 5. The highest BCUT2D eigenvalue weighted by atomic mass is 16.5. The van der Waals surface area contributed by atoms with Crippen molar-refractivity contribution in [1.29, 1.82) is 0 Å². The molecule has 0 amide bonds. The van der Waals surface area contributed by atoms with E-state index in [1.807, 2.05) is 4.68 Å². The van der Waals surface area contributed by atoms with Gasteiger partial charge in [-0.05, 0) is 48.2 Å². The Morgan fingerprint density at radius 3 is 2.79 bits per heavy atom. The van der Waals surface area contributed by atoms with Crippen molar-refractivity contribution in [3.05, 3.63) is 35.2 Å². The molecule has 1 aliphatic heterocycles. The third kappa shape index (κ3) is 2.84. The summed E-state index contributed by atoms with van der Waals surface area (Å²) in [5, 5.41) is 12.6. The zero-order valence-corrected chi connectivity index (χ0v) is 14.5. The molecule has 2 aliphatic rings. The van der Waals surface area contributed by atoms with Crippen LogP contribution in [0, 0.1) is 13.8 Å². The van der Waals surface area contributed by atoms with Crippen LogP contribution >= 0.6 is 0 Å². The maximum absolute atomic E-state index is 5.98. The monoisotopic (exact) mass is 327 g/mol. The third-order valence-electron chi connectivity index (χ3n) is 5.38. The number of aryl methyl sites for hydroxylation is 2. The lowest BCUT2D eigenvalue weighted by molar-refractivity contribution is -0.0919. The van der Waals surface area contributed by atoms with Gasteiger partial charge in [0.25, 0.3) is 0 Å². The lowest BCUT2D eigenvalue weighted by atomic mass is 9.90. The van der Waals surface area contributed by atoms with Crippen LogP contribution in [0.25, 0.3) is 5.69 Å². The molecule has 1 aromatic heterocycles. The van der Waals surface area contributed by atoms with Gasteiger partial charge in [0.2, 0.25) is 0 Å². The fourth-order valence-electron chi connectivity index (χ4n) is 4.17. The Labute approximate surface area is 142 Å². The Hall–Kier alpha value is -1.79. The molecule has 1 aliphatic carbocycles. The molecule has 2 aromatic rings. The summed E-state index contributed by atoms with van der Waals surface area (Å²) in [5.41, 5.74) is 3.49. The second kappa shape index (κ2) is 6.61. The molecule has 0 spiro atoms. The predicted molar refractivity (Wildman–Crippen MR) is 91.0 cm³/mol. The summed E-state index contributed by atoms with van der Waals surface area (Å²) in [7, 11) is 0. The highest BCUT2D eigenvalue weighted by Gasteiger charge is 2.34. The van der Waals surface area contributed by atoms with Gasteiger partial charge < -0.3 is 4.74 Å². The highest BCUT2D eigenvalue weighted by molar-refractivity contribution is 5.46. The van der Waals surface area contributed by atoms with Gasteiger partial charge in [-0.2, -0.15) is 4.68 Å². The zero-order chi connectivity index (χ0) is 16.5. The average Bonchev–Trinajstić information content (AvgIpc) is 3.03. The number of morpholine rings is 1. The minimum Gasteiger partial charge on any atom is -0.375 e. The fourth-order valence-corrected chi connectivity index (χ4v) is 4.17. The molecule has 2 atom stereocenters. The van der Waals surface area contributed by atoms with Crippen LogP contribution in [0.5, 0.6) is 0 Å². The van der Waals surface area contributed by atoms with Crippen LogP contribution in [0.15, 0.2) is 18.2 Å². The minimum atomic E-state index is 0.386. The van der Waals surface area contributed by atoms with E-state index in [0.717, 1.165) is 31.2 Å². The van der Waals surface area contributed by atoms with Crippen LogP contribution < -0.4 is 0 Å². The minimum absolute atomic E-state index is 0.386. The van der Waals surface area contributed by atoms with Crippen molar-refractivity contribution in [2.45, 2.75) is 58.2 Å². The summed E-state index contributed by atoms with van der Waals surface area (Å²) in [6, 6.07) is 6.81. The molecule has 0 unspecified atom stereocenters. The maximum atomic E-state index is 5.98. The number of hydrogen-bond donors (Lipinski definition) is 0. The van der Waals surface area contributed by atoms with Crippen molar-refractivity contribution in [3.63, 3.8) is 0 Å². The number of fused-ring (bicyclic) bond motifs is 1. The van der Waals surface area contributed by atoms with E-state index in [9.17, 15) is 0 Å². The molecule has 1 saturated carbocycles. The van der Waals surface area contributed by atoms with Crippen molar-refractivity contribution < 1.29 is 4.74 Å². The lowest BCUT2D eigenvalue weighted by Gasteiger charge is -2.43. The maximum Gasteiger partial charge on any atom is 0.170 e. The van der Waals surface area contributed by atoms with Crippen LogP contribution in [-0.4, -0.2) is 50.4 Å². The molecule has 6 nitrogen and oxygen atoms in total. The van der Waals surface area contributed by atoms with Gasteiger partial charge in [0.15, 0.2) is 5.82 Å². The van der Waals surface area contributed by atoms with Crippen LogP contribution in [0.2, 0.25) is 0 Å². The van der Waals surface area contributed by atoms with E-state index in [1.165, 1.54) is 36.8 Å². The first-order valence-electron chi connectivity index (χ1n) is 8.93. The van der Waals surface area contributed by atoms with Gasteiger partial charge in [0, 0.05) is 12.6 Å². The van der Waals surface area contributed by atoms with Crippen LogP contribution in [0.1, 0.15) is 42.6 Å². The number of benzene rings is 1. The highest BCUT2D eigenvalue weighted by Crippen LogP contribution is 2.29. The number of rotatable bonds is 3. The van der Waals surface area contributed by atoms with E-state index in [4.69, 9.17) is 4.74 Å². The number of hydrogen-bond acceptors (Lipinski definition) is 5. The van der Waals surface area contributed by atoms with Gasteiger partial charge in [-0.25, -0.2) is 0 Å². The van der Waals surface area contributed by atoms with Crippen LogP contribution in [-0.2, 0) is 11.3 Å². The second-order valence-electron chi connectivity index (χ2n) is 6.98. The molecule has 6 heteroatoms. The molecule has 0 radical (unpaired) electrons. The quantitative estimate of drug-likeness (QED) is 0.866. The Balaban J connectivity index is 1.61. The summed E-state index contributed by atoms with van der Waals surface area (Å²) in [5.74, 6) is 0.915. The van der Waals surface area contributed by atoms with E-state index in [2.05, 4.69) is 52.5 Å². The van der Waals surface area contributed by atoms with E-state index in [1.54, 1.807) is 0 Å². The number of para-hydroxylation sites is 1. The lowest BCUT2D eigenvalue weighted by Crippen LogP contribution is -2.52. The summed E-state index contributed by atoms with van der Waals surface area (Å²) >= 11 is 0. The number of aromatic nitrogens is 4. The first-order chi connectivity index (χ1) is 11.7. The fraction of sp³-hybridized carbons (Fsp3) is 0.611. The average molecular weight is 327 g/mol. The van der Waals surface area contributed by atoms with Crippen molar-refractivity contribution in [2.75, 3.05) is 13.2 Å². The van der Waals surface area contributed by atoms with Crippen molar-refractivity contribution >= 4 is 0 Å². The Kier molecular flexibility index (Phi) is 4.33. The van der Waals surface area contributed by atoms with E-state index in [0.29, 0.717) is 12.1 Å². The van der Waals surface area contributed by atoms with Crippen LogP contribution in [0.4, 0.5) is 0 Å². The summed E-state index contributed by atoms with van der Waals surface area (Å²) in [4.78, 5) is 2.52. The Bertz CT molecular complexity index is 691. The van der Waals surface area contributed by atoms with Crippen molar-refractivity contribution in [3.8, 4) is 5.69 Å². The van der Waals surface area contributed by atoms with Crippen LogP contribution in [0.3, 0.4) is 0 Å². The number of ether oxygens (including phenoxy) is 1. The Morgan fingerprint density at radius 1 is 1.17 bits per heavy atom. The molecule has 0 N–H and O–H groups in total. The van der Waals surface area contributed by atoms with Gasteiger partial charge in [0.05, 0.1) is 24.9 Å². The molecule has 2 fully saturated rings. The van der Waals surface area contributed by atoms with Crippen molar-refractivity contribution in [2.24, 2.45) is 0 Å². The molecule has 1 saturated heterocycles. The van der Waals surface area contributed by atoms with E-state index in [-0.39, 0.29) is 0 Å². The summed E-state index contributed by atoms with van der Waals surface area (Å²) in [6.07, 6.45) is 5.37. The first-order valence-corrected chi connectivity index (χ1v) is 8.93. The predicted octanol–water partition coefficient (Wildman–Crippen LogP) is 2.42. The number of tetrazole rings is 1. The van der Waals surface area contributed by atoms with E-state index < -0.39 is 0 Å². The SMILES string of the molecule is Cc1cccc(C)c1-n1nnnc1CN1CCO[C@@H]2CCCC[C@@H]21. The molecule has 128 valence electrons. The molecule has 0 bridgehead atoms.